The molecule has 0 aromatic heterocycles. The summed E-state index contributed by atoms with van der Waals surface area (Å²) in [5.41, 5.74) is 0.722. The van der Waals surface area contributed by atoms with Crippen LogP contribution in [0.2, 0.25) is 0 Å². The second-order valence-corrected chi connectivity index (χ2v) is 13.2. The number of likely N-dealkylation sites (N-methyl/N-ethyl adjacent to an activating group) is 2. The molecule has 1 aromatic carbocycles. The number of hydrogen-bond acceptors (Lipinski definition) is 7. The molecule has 0 radical (unpaired) electrons. The highest BCUT2D eigenvalue weighted by Gasteiger charge is 2.40. The largest absolute Gasteiger partial charge is 0.386 e. The quantitative estimate of drug-likeness (QED) is 0.193. The maximum Gasteiger partial charge on any atom is 0.241 e. The Kier molecular flexibility index (Phi) is 16.1. The lowest BCUT2D eigenvalue weighted by molar-refractivity contribution is -0.141. The number of benzene rings is 1. The molecule has 0 spiro atoms. The molecule has 1 saturated heterocycles. The molecule has 0 saturated carbocycles. The summed E-state index contributed by atoms with van der Waals surface area (Å²) in [7, 11) is 5.03. The molecule has 4 N–H and O–H groups in total. The third-order valence-electron chi connectivity index (χ3n) is 9.68. The number of likely N-dealkylation sites (tertiary alicyclic amines) is 1. The van der Waals surface area contributed by atoms with Gasteiger partial charge in [0.2, 0.25) is 23.6 Å². The standard InChI is InChI=1S/C35H59N5O6/c1-10-23(4)27(39(8)30(42)21-37-35(45)31(36-7)22(2)3)18-19-29(41)40-20-14-17-28(40)33(46-9)24(5)34(44)38-25(6)32(43)26-15-12-11-13-16-26/h11-13,15-16,22-25,27-28,31-33,36,43H,10,14,17-21H2,1-9H3,(H,37,45)(H,38,44)/t23-,24+,25+,27+,28+,31?,32+,33+/m0/s1. The van der Waals surface area contributed by atoms with Crippen LogP contribution in [-0.4, -0.2) is 103 Å². The summed E-state index contributed by atoms with van der Waals surface area (Å²) >= 11 is 0. The van der Waals surface area contributed by atoms with Gasteiger partial charge in [0, 0.05) is 33.2 Å². The van der Waals surface area contributed by atoms with Crippen molar-refractivity contribution in [3.63, 3.8) is 0 Å². The van der Waals surface area contributed by atoms with Gasteiger partial charge in [0.05, 0.1) is 42.8 Å². The predicted molar refractivity (Wildman–Crippen MR) is 180 cm³/mol. The first-order valence-corrected chi connectivity index (χ1v) is 16.8. The number of nitrogens with one attached hydrogen (secondary N) is 3. The Bertz CT molecular complexity index is 1120. The van der Waals surface area contributed by atoms with E-state index in [1.54, 1.807) is 40.0 Å². The number of ether oxygens (including phenoxy) is 1. The van der Waals surface area contributed by atoms with Gasteiger partial charge in [0.25, 0.3) is 0 Å². The minimum atomic E-state index is -0.854. The maximum absolute atomic E-state index is 13.7. The van der Waals surface area contributed by atoms with Crippen molar-refractivity contribution < 1.29 is 29.0 Å². The van der Waals surface area contributed by atoms with E-state index < -0.39 is 24.2 Å². The van der Waals surface area contributed by atoms with Crippen LogP contribution >= 0.6 is 0 Å². The van der Waals surface area contributed by atoms with Crippen molar-refractivity contribution in [1.29, 1.82) is 0 Å². The van der Waals surface area contributed by atoms with E-state index in [9.17, 15) is 24.3 Å². The highest BCUT2D eigenvalue weighted by molar-refractivity contribution is 5.87. The number of methoxy groups -OCH3 is 1. The molecule has 8 atom stereocenters. The number of aliphatic hydroxyl groups excluding tert-OH is 1. The second kappa shape index (κ2) is 19.0. The summed E-state index contributed by atoms with van der Waals surface area (Å²) in [5, 5.41) is 19.4. The van der Waals surface area contributed by atoms with Gasteiger partial charge in [0.15, 0.2) is 0 Å². The van der Waals surface area contributed by atoms with E-state index >= 15 is 0 Å². The first-order valence-electron chi connectivity index (χ1n) is 16.8. The van der Waals surface area contributed by atoms with E-state index in [0.29, 0.717) is 13.0 Å². The monoisotopic (exact) mass is 645 g/mol. The number of amides is 4. The smallest absolute Gasteiger partial charge is 0.241 e. The van der Waals surface area contributed by atoms with E-state index in [1.807, 2.05) is 49.1 Å². The minimum Gasteiger partial charge on any atom is -0.386 e. The van der Waals surface area contributed by atoms with E-state index in [0.717, 1.165) is 24.8 Å². The Balaban J connectivity index is 2.03. The van der Waals surface area contributed by atoms with E-state index in [1.165, 1.54) is 0 Å². The van der Waals surface area contributed by atoms with Crippen molar-refractivity contribution in [3.8, 4) is 0 Å². The average molecular weight is 646 g/mol. The zero-order valence-electron chi connectivity index (χ0n) is 29.4. The van der Waals surface area contributed by atoms with Gasteiger partial charge in [0.1, 0.15) is 0 Å². The molecular formula is C35H59N5O6. The second-order valence-electron chi connectivity index (χ2n) is 13.2. The van der Waals surface area contributed by atoms with E-state index in [4.69, 9.17) is 4.74 Å². The minimum absolute atomic E-state index is 0.0266. The molecule has 0 bridgehead atoms. The number of carbonyl (C=O) groups is 4. The summed E-state index contributed by atoms with van der Waals surface area (Å²) < 4.78 is 5.85. The van der Waals surface area contributed by atoms with Crippen molar-refractivity contribution in [3.05, 3.63) is 35.9 Å². The molecule has 1 aliphatic heterocycles. The fourth-order valence-corrected chi connectivity index (χ4v) is 6.56. The Hall–Kier alpha value is -3.02. The van der Waals surface area contributed by atoms with Gasteiger partial charge in [-0.2, -0.15) is 0 Å². The lowest BCUT2D eigenvalue weighted by atomic mass is 9.92. The number of rotatable bonds is 18. The van der Waals surface area contributed by atoms with Crippen LogP contribution in [0.15, 0.2) is 30.3 Å². The predicted octanol–water partition coefficient (Wildman–Crippen LogP) is 2.88. The lowest BCUT2D eigenvalue weighted by Gasteiger charge is -2.36. The van der Waals surface area contributed by atoms with E-state index in [-0.39, 0.29) is 66.6 Å². The molecule has 1 aliphatic rings. The number of hydrogen-bond donors (Lipinski definition) is 4. The van der Waals surface area contributed by atoms with Gasteiger partial charge >= 0.3 is 0 Å². The van der Waals surface area contributed by atoms with Crippen LogP contribution in [0.1, 0.15) is 85.3 Å². The van der Waals surface area contributed by atoms with Gasteiger partial charge in [-0.05, 0) is 50.6 Å². The SMILES string of the molecule is CC[C@H](C)[C@@H](CCC(=O)N1CCC[C@@H]1[C@H](OC)[C@@H](C)C(=O)N[C@H](C)[C@@H](O)c1ccccc1)N(C)C(=O)CNC(=O)C(NC)C(C)C. The van der Waals surface area contributed by atoms with Crippen LogP contribution in [0.4, 0.5) is 0 Å². The summed E-state index contributed by atoms with van der Waals surface area (Å²) in [6.07, 6.45) is 1.74. The third kappa shape index (κ3) is 10.5. The van der Waals surface area contributed by atoms with Gasteiger partial charge in [-0.3, -0.25) is 19.2 Å². The Labute approximate surface area is 276 Å². The first kappa shape index (κ1) is 39.2. The van der Waals surface area contributed by atoms with Crippen LogP contribution in [0.25, 0.3) is 0 Å². The number of aliphatic hydroxyl groups is 1. The fraction of sp³-hybridized carbons (Fsp3) is 0.714. The van der Waals surface area contributed by atoms with Crippen LogP contribution in [-0.2, 0) is 23.9 Å². The molecule has 2 rings (SSSR count). The van der Waals surface area contributed by atoms with E-state index in [2.05, 4.69) is 29.8 Å². The summed E-state index contributed by atoms with van der Waals surface area (Å²) in [4.78, 5) is 56.2. The molecule has 260 valence electrons. The molecular weight excluding hydrogens is 586 g/mol. The zero-order chi connectivity index (χ0) is 34.6. The highest BCUT2D eigenvalue weighted by Crippen LogP contribution is 2.29. The maximum atomic E-state index is 13.7. The Morgan fingerprint density at radius 1 is 1.07 bits per heavy atom. The molecule has 11 nitrogen and oxygen atoms in total. The summed E-state index contributed by atoms with van der Waals surface area (Å²) in [5.74, 6) is -1.01. The Morgan fingerprint density at radius 2 is 1.72 bits per heavy atom. The van der Waals surface area contributed by atoms with Gasteiger partial charge in [-0.15, -0.1) is 0 Å². The van der Waals surface area contributed by atoms with Crippen molar-refractivity contribution in [2.24, 2.45) is 17.8 Å². The molecule has 11 heteroatoms. The molecule has 1 fully saturated rings. The molecule has 1 unspecified atom stereocenters. The van der Waals surface area contributed by atoms with Gasteiger partial charge in [-0.1, -0.05) is 71.4 Å². The van der Waals surface area contributed by atoms with Gasteiger partial charge in [-0.25, -0.2) is 0 Å². The van der Waals surface area contributed by atoms with Crippen LogP contribution in [0.5, 0.6) is 0 Å². The van der Waals surface area contributed by atoms with Crippen molar-refractivity contribution in [1.82, 2.24) is 25.8 Å². The normalized spacial score (nSPS) is 19.5. The van der Waals surface area contributed by atoms with Gasteiger partial charge < -0.3 is 35.6 Å². The summed E-state index contributed by atoms with van der Waals surface area (Å²) in [6.45, 7) is 12.1. The first-order chi connectivity index (χ1) is 21.8. The average Bonchev–Trinajstić information content (AvgIpc) is 3.53. The number of carbonyl (C=O) groups excluding carboxylic acids is 4. The zero-order valence-corrected chi connectivity index (χ0v) is 29.4. The molecule has 1 heterocycles. The Morgan fingerprint density at radius 3 is 2.28 bits per heavy atom. The molecule has 0 aliphatic carbocycles. The highest BCUT2D eigenvalue weighted by atomic mass is 16.5. The number of nitrogens with zero attached hydrogens (tertiary/aromatic N) is 2. The molecule has 46 heavy (non-hydrogen) atoms. The summed E-state index contributed by atoms with van der Waals surface area (Å²) in [6, 6.07) is 7.87. The lowest BCUT2D eigenvalue weighted by Crippen LogP contribution is -2.52. The fourth-order valence-electron chi connectivity index (χ4n) is 6.56. The topological polar surface area (TPSA) is 140 Å². The third-order valence-corrected chi connectivity index (χ3v) is 9.68. The molecule has 1 aromatic rings. The molecule has 4 amide bonds. The van der Waals surface area contributed by atoms with Crippen molar-refractivity contribution in [2.75, 3.05) is 34.3 Å². The van der Waals surface area contributed by atoms with Crippen LogP contribution < -0.4 is 16.0 Å². The van der Waals surface area contributed by atoms with Crippen molar-refractivity contribution >= 4 is 23.6 Å². The van der Waals surface area contributed by atoms with Crippen molar-refractivity contribution in [2.45, 2.75) is 110 Å². The van der Waals surface area contributed by atoms with Crippen LogP contribution in [0.3, 0.4) is 0 Å². The van der Waals surface area contributed by atoms with Crippen LogP contribution in [0, 0.1) is 17.8 Å².